The minimum Gasteiger partial charge on any atom is -0.310 e. The average Bonchev–Trinajstić information content (AvgIpc) is 1.33. The number of benzene rings is 13. The van der Waals surface area contributed by atoms with Gasteiger partial charge in [0.1, 0.15) is 0 Å². The zero-order chi connectivity index (χ0) is 90.5. The normalized spacial score (nSPS) is 16.3. The quantitative estimate of drug-likeness (QED) is 0.141. The minimum atomic E-state index is -1.65. The molecule has 0 radical (unpaired) electrons. The van der Waals surface area contributed by atoms with Gasteiger partial charge in [-0.2, -0.15) is 0 Å². The lowest BCUT2D eigenvalue weighted by Crippen LogP contribution is -2.61. The highest BCUT2D eigenvalue weighted by atomic mass is 15.2. The van der Waals surface area contributed by atoms with Gasteiger partial charge in [-0.15, -0.1) is 0 Å². The lowest BCUT2D eigenvalue weighted by atomic mass is 9.33. The van der Waals surface area contributed by atoms with Crippen LogP contribution in [0.2, 0.25) is 0 Å². The van der Waals surface area contributed by atoms with Crippen LogP contribution in [0.15, 0.2) is 279 Å². The highest BCUT2D eigenvalue weighted by molar-refractivity contribution is 7.00. The molecule has 4 nitrogen and oxygen atoms in total. The van der Waals surface area contributed by atoms with Crippen LogP contribution in [-0.2, 0) is 27.1 Å². The van der Waals surface area contributed by atoms with Gasteiger partial charge in [0.05, 0.1) is 63.6 Å². The van der Waals surface area contributed by atoms with E-state index in [2.05, 4.69) is 132 Å². The summed E-state index contributed by atoms with van der Waals surface area (Å²) in [7, 11) is 0. The molecule has 0 spiro atoms. The number of anilines is 6. The summed E-state index contributed by atoms with van der Waals surface area (Å²) < 4.78 is 223. The fourth-order valence-corrected chi connectivity index (χ4v) is 15.0. The molecule has 0 saturated heterocycles. The van der Waals surface area contributed by atoms with Gasteiger partial charge < -0.3 is 18.9 Å². The minimum absolute atomic E-state index is 0.150. The zero-order valence-electron chi connectivity index (χ0n) is 82.7. The molecular weight excluding hydrogens is 1240 g/mol. The smallest absolute Gasteiger partial charge is 0.252 e. The molecule has 13 aromatic carbocycles. The van der Waals surface area contributed by atoms with E-state index in [0.717, 1.165) is 31.4 Å². The van der Waals surface area contributed by atoms with Gasteiger partial charge >= 0.3 is 0 Å². The molecule has 0 saturated carbocycles. The van der Waals surface area contributed by atoms with Crippen molar-refractivity contribution >= 4 is 101 Å². The Morgan fingerprint density at radius 1 is 0.282 bits per heavy atom. The standard InChI is InChI=1S/C98H91BN4/c1-94(2,3)66-34-24-30-62(54-66)73-42-28-43-74(63-31-25-35-67(55-63)95(4,5)6)92(73)102-87-60-71(100-83-46-20-16-38-77(83)78-39-17-21-47-84(78)100)50-52-81(87)99-82-53-51-72(101-85-48-22-18-40-79(85)80-41-19-23-49-86(80)101)61-88(82)103(90-59-70(98(13,14)15)58-89(102)91(90)99)93-75(64-32-26-36-68(56-64)96(7,8)9)44-29-45-76(93)65-33-27-37-69(57-65)97(10,11)12/h16-61H,1-15H3/i16D,17D,18D,19D,20D,21D,22D,23D,38D,39D,40D,41D,46D,47D,48D,49D,50D,51D,52D,53D,60D,61D. The number of hydrogen-bond acceptors (Lipinski definition) is 2. The Morgan fingerprint density at radius 2 is 0.553 bits per heavy atom. The molecule has 0 aliphatic carbocycles. The highest BCUT2D eigenvalue weighted by Crippen LogP contribution is 2.55. The van der Waals surface area contributed by atoms with Crippen molar-refractivity contribution in [3.63, 3.8) is 0 Å². The molecule has 0 fully saturated rings. The van der Waals surface area contributed by atoms with Crippen LogP contribution in [0.4, 0.5) is 34.1 Å². The van der Waals surface area contributed by atoms with Crippen molar-refractivity contribution in [3.8, 4) is 55.9 Å². The first-order valence-electron chi connectivity index (χ1n) is 46.2. The average molecular weight is 1360 g/mol. The number of fused-ring (bicyclic) bond motifs is 10. The second-order valence-electron chi connectivity index (χ2n) is 32.5. The van der Waals surface area contributed by atoms with Crippen molar-refractivity contribution in [2.75, 3.05) is 9.80 Å². The third-order valence-electron chi connectivity index (χ3n) is 20.6. The Bertz CT molecular complexity index is 6590. The van der Waals surface area contributed by atoms with E-state index in [9.17, 15) is 24.7 Å². The largest absolute Gasteiger partial charge is 0.310 e. The molecule has 0 amide bonds. The Hall–Kier alpha value is -10.9. The molecule has 2 aliphatic heterocycles. The predicted molar refractivity (Wildman–Crippen MR) is 444 cm³/mol. The number of para-hydroxylation sites is 6. The van der Waals surface area contributed by atoms with Gasteiger partial charge in [0.25, 0.3) is 6.71 Å². The lowest BCUT2D eigenvalue weighted by molar-refractivity contribution is 0.590. The summed E-state index contributed by atoms with van der Waals surface area (Å²) in [6, 6.07) is 32.6. The van der Waals surface area contributed by atoms with Crippen molar-refractivity contribution in [1.82, 2.24) is 9.13 Å². The molecule has 5 heteroatoms. The first kappa shape index (κ1) is 45.2. The number of rotatable bonds is 8. The molecule has 2 aliphatic rings. The fraction of sp³-hybridized carbons (Fsp3) is 0.204. The predicted octanol–water partition coefficient (Wildman–Crippen LogP) is 25.1. The van der Waals surface area contributed by atoms with E-state index in [1.807, 2.05) is 128 Å². The van der Waals surface area contributed by atoms with E-state index in [1.165, 1.54) is 0 Å². The summed E-state index contributed by atoms with van der Waals surface area (Å²) in [5, 5.41) is -1.39. The summed E-state index contributed by atoms with van der Waals surface area (Å²) in [5.74, 6) is 0. The molecule has 17 rings (SSSR count). The van der Waals surface area contributed by atoms with Crippen LogP contribution in [0.5, 0.6) is 0 Å². The van der Waals surface area contributed by atoms with E-state index < -0.39 is 200 Å². The SMILES string of the molecule is [2H]c1c([2H])c(-n2c3c([2H])c([2H])c([2H])c([2H])c3c3c([2H])c([2H])c([2H])c([2H])c32)c([2H])c2c1B1c3c(cc(C(C)(C)C)cc3N(c3c(-c4cccc(C(C)(C)C)c4)cccc3-c3cccc(C(C)(C)C)c3)c3c([2H])c(-n4c5c([2H])c([2H])c([2H])c([2H])c5c5c([2H])c([2H])c([2H])c([2H])c54)c([2H])c([2H])c31)N2c1c(-c2cccc(C(C)(C)C)c2)cccc1-c1cccc(C(C)(C)C)c1. The van der Waals surface area contributed by atoms with Crippen molar-refractivity contribution < 1.29 is 30.2 Å². The van der Waals surface area contributed by atoms with E-state index in [1.54, 1.807) is 0 Å². The molecular formula is C98H91BN4. The molecule has 0 N–H and O–H groups in total. The zero-order valence-corrected chi connectivity index (χ0v) is 60.7. The van der Waals surface area contributed by atoms with Crippen LogP contribution >= 0.6 is 0 Å². The van der Waals surface area contributed by atoms with Gasteiger partial charge in [0, 0.05) is 77.9 Å². The Balaban J connectivity index is 1.17. The van der Waals surface area contributed by atoms with Crippen LogP contribution in [0, 0.1) is 0 Å². The third kappa shape index (κ3) is 10.9. The Morgan fingerprint density at radius 3 is 0.835 bits per heavy atom. The molecule has 0 unspecified atom stereocenters. The summed E-state index contributed by atoms with van der Waals surface area (Å²) in [6.07, 6.45) is 0. The molecule has 15 aromatic rings. The first-order chi connectivity index (χ1) is 58.4. The topological polar surface area (TPSA) is 16.3 Å². The highest BCUT2D eigenvalue weighted by Gasteiger charge is 2.46. The molecule has 4 heterocycles. The molecule has 103 heavy (non-hydrogen) atoms. The van der Waals surface area contributed by atoms with Crippen molar-refractivity contribution in [3.05, 3.63) is 306 Å². The van der Waals surface area contributed by atoms with Crippen molar-refractivity contribution in [1.29, 1.82) is 0 Å². The maximum Gasteiger partial charge on any atom is 0.252 e. The van der Waals surface area contributed by atoms with Gasteiger partial charge in [-0.25, -0.2) is 0 Å². The first-order valence-corrected chi connectivity index (χ1v) is 35.2. The maximum atomic E-state index is 11.8. The van der Waals surface area contributed by atoms with Gasteiger partial charge in [-0.05, 0) is 154 Å². The van der Waals surface area contributed by atoms with Crippen molar-refractivity contribution in [2.24, 2.45) is 0 Å². The van der Waals surface area contributed by atoms with Gasteiger partial charge in [-0.3, -0.25) is 0 Å². The molecule has 0 atom stereocenters. The Labute approximate surface area is 640 Å². The van der Waals surface area contributed by atoms with Crippen molar-refractivity contribution in [2.45, 2.75) is 131 Å². The lowest BCUT2D eigenvalue weighted by Gasteiger charge is -2.46. The number of aromatic nitrogens is 2. The van der Waals surface area contributed by atoms with Crippen LogP contribution in [0.25, 0.3) is 99.5 Å². The molecule has 506 valence electrons. The molecule has 2 aromatic heterocycles. The third-order valence-corrected chi connectivity index (χ3v) is 20.6. The second kappa shape index (κ2) is 23.9. The van der Waals surface area contributed by atoms with Crippen LogP contribution in [-0.4, -0.2) is 15.8 Å². The summed E-state index contributed by atoms with van der Waals surface area (Å²) in [5.41, 5.74) is 5.35. The molecule has 0 bridgehead atoms. The van der Waals surface area contributed by atoms with E-state index >= 15 is 0 Å². The van der Waals surface area contributed by atoms with Crippen LogP contribution in [0.3, 0.4) is 0 Å². The second-order valence-corrected chi connectivity index (χ2v) is 32.5. The fourth-order valence-electron chi connectivity index (χ4n) is 15.0. The van der Waals surface area contributed by atoms with E-state index in [4.69, 9.17) is 5.48 Å². The summed E-state index contributed by atoms with van der Waals surface area (Å²) >= 11 is 0. The van der Waals surface area contributed by atoms with Gasteiger partial charge in [-0.1, -0.05) is 322 Å². The van der Waals surface area contributed by atoms with Gasteiger partial charge in [0.15, 0.2) is 0 Å². The summed E-state index contributed by atoms with van der Waals surface area (Å²) in [4.78, 5) is 3.82. The van der Waals surface area contributed by atoms with Crippen LogP contribution < -0.4 is 26.2 Å². The maximum absolute atomic E-state index is 11.8. The Kier molecular flexibility index (Phi) is 10.5. The number of hydrogen-bond donors (Lipinski definition) is 0. The monoisotopic (exact) mass is 1360 g/mol. The summed E-state index contributed by atoms with van der Waals surface area (Å²) in [6.45, 7) is 29.8. The van der Waals surface area contributed by atoms with Gasteiger partial charge in [0.2, 0.25) is 0 Å². The van der Waals surface area contributed by atoms with Crippen LogP contribution in [0.1, 0.15) is 162 Å². The number of nitrogens with zero attached hydrogens (tertiary/aromatic N) is 4. The van der Waals surface area contributed by atoms with E-state index in [-0.39, 0.29) is 43.8 Å². The van der Waals surface area contributed by atoms with E-state index in [0.29, 0.717) is 78.3 Å².